The Morgan fingerprint density at radius 1 is 1.00 bits per heavy atom. The van der Waals surface area contributed by atoms with E-state index in [0.29, 0.717) is 39.5 Å². The van der Waals surface area contributed by atoms with E-state index in [1.807, 2.05) is 12.1 Å². The van der Waals surface area contributed by atoms with E-state index in [9.17, 15) is 4.79 Å². The van der Waals surface area contributed by atoms with Gasteiger partial charge in [-0.25, -0.2) is 4.98 Å². The molecule has 0 radical (unpaired) electrons. The molecule has 0 spiro atoms. The van der Waals surface area contributed by atoms with Crippen LogP contribution in [0.1, 0.15) is 17.3 Å². The molecule has 2 aromatic carbocycles. The zero-order valence-electron chi connectivity index (χ0n) is 15.6. The first-order valence-electron chi connectivity index (χ1n) is 8.39. The second-order valence-electron chi connectivity index (χ2n) is 5.84. The van der Waals surface area contributed by atoms with Crippen LogP contribution in [-0.4, -0.2) is 30.0 Å². The Labute approximate surface area is 167 Å². The minimum absolute atomic E-state index is 0.0208. The van der Waals surface area contributed by atoms with Crippen molar-refractivity contribution < 1.29 is 14.3 Å². The van der Waals surface area contributed by atoms with E-state index in [-0.39, 0.29) is 5.78 Å². The lowest BCUT2D eigenvalue weighted by Gasteiger charge is -2.13. The number of hydrogen-bond acceptors (Lipinski definition) is 7. The number of carbonyl (C=O) groups excluding carboxylic acids is 1. The summed E-state index contributed by atoms with van der Waals surface area (Å²) in [7, 11) is 3.09. The molecule has 0 saturated heterocycles. The molecule has 0 aliphatic rings. The van der Waals surface area contributed by atoms with E-state index in [0.717, 1.165) is 5.69 Å². The molecule has 144 valence electrons. The smallest absolute Gasteiger partial charge is 0.229 e. The average molecular weight is 399 g/mol. The normalized spacial score (nSPS) is 10.3. The van der Waals surface area contributed by atoms with Crippen LogP contribution in [0.3, 0.4) is 0 Å². The summed E-state index contributed by atoms with van der Waals surface area (Å²) in [4.78, 5) is 20.1. The molecular weight excluding hydrogens is 380 g/mol. The van der Waals surface area contributed by atoms with Gasteiger partial charge in [0.1, 0.15) is 17.3 Å². The molecule has 1 heterocycles. The fourth-order valence-corrected chi connectivity index (χ4v) is 2.73. The van der Waals surface area contributed by atoms with E-state index < -0.39 is 0 Å². The predicted molar refractivity (Wildman–Crippen MR) is 110 cm³/mol. The van der Waals surface area contributed by atoms with Crippen molar-refractivity contribution in [2.45, 2.75) is 6.92 Å². The highest BCUT2D eigenvalue weighted by Gasteiger charge is 2.11. The molecule has 0 amide bonds. The third-order valence-electron chi connectivity index (χ3n) is 3.94. The molecule has 0 aliphatic heterocycles. The third-order valence-corrected chi connectivity index (χ3v) is 4.24. The van der Waals surface area contributed by atoms with Gasteiger partial charge in [-0.3, -0.25) is 4.79 Å². The second-order valence-corrected chi connectivity index (χ2v) is 6.24. The van der Waals surface area contributed by atoms with Gasteiger partial charge in [-0.15, -0.1) is 0 Å². The maximum Gasteiger partial charge on any atom is 0.229 e. The molecule has 2 N–H and O–H groups in total. The second kappa shape index (κ2) is 8.58. The monoisotopic (exact) mass is 398 g/mol. The van der Waals surface area contributed by atoms with Crippen molar-refractivity contribution in [1.29, 1.82) is 0 Å². The van der Waals surface area contributed by atoms with E-state index in [4.69, 9.17) is 21.1 Å². The highest BCUT2D eigenvalue weighted by atomic mass is 35.5. The van der Waals surface area contributed by atoms with Crippen LogP contribution in [0.15, 0.2) is 48.7 Å². The molecule has 8 heteroatoms. The molecule has 7 nitrogen and oxygen atoms in total. The summed E-state index contributed by atoms with van der Waals surface area (Å²) >= 11 is 6.13. The number of ether oxygens (including phenoxy) is 2. The lowest BCUT2D eigenvalue weighted by Crippen LogP contribution is -2.02. The molecule has 0 atom stereocenters. The van der Waals surface area contributed by atoms with Crippen LogP contribution in [0.4, 0.5) is 23.1 Å². The fourth-order valence-electron chi connectivity index (χ4n) is 2.50. The Balaban J connectivity index is 1.81. The summed E-state index contributed by atoms with van der Waals surface area (Å²) in [5, 5.41) is 6.72. The highest BCUT2D eigenvalue weighted by Crippen LogP contribution is 2.36. The highest BCUT2D eigenvalue weighted by molar-refractivity contribution is 6.32. The van der Waals surface area contributed by atoms with Gasteiger partial charge < -0.3 is 20.1 Å². The number of benzene rings is 2. The number of nitrogens with zero attached hydrogens (tertiary/aromatic N) is 2. The van der Waals surface area contributed by atoms with E-state index in [1.165, 1.54) is 14.0 Å². The Hall–Kier alpha value is -3.32. The minimum atomic E-state index is 0.0208. The van der Waals surface area contributed by atoms with Gasteiger partial charge in [0.2, 0.25) is 5.95 Å². The molecule has 0 unspecified atom stereocenters. The van der Waals surface area contributed by atoms with Crippen molar-refractivity contribution in [2.24, 2.45) is 0 Å². The standard InChI is InChI=1S/C20H19ClN4O3/c1-12(26)13-4-6-14(7-5-13)23-19-8-9-22-20(25-19)24-16-11-17(27-2)15(21)10-18(16)28-3/h4-11H,1-3H3,(H2,22,23,24,25). The van der Waals surface area contributed by atoms with Crippen LogP contribution in [0.2, 0.25) is 5.02 Å². The predicted octanol–water partition coefficient (Wildman–Crippen LogP) is 4.84. The van der Waals surface area contributed by atoms with Gasteiger partial charge in [-0.05, 0) is 37.3 Å². The van der Waals surface area contributed by atoms with Gasteiger partial charge >= 0.3 is 0 Å². The van der Waals surface area contributed by atoms with Gasteiger partial charge in [0.15, 0.2) is 5.78 Å². The van der Waals surface area contributed by atoms with Gasteiger partial charge in [0.05, 0.1) is 24.9 Å². The summed E-state index contributed by atoms with van der Waals surface area (Å²) in [6.07, 6.45) is 1.63. The van der Waals surface area contributed by atoms with Crippen molar-refractivity contribution >= 4 is 40.5 Å². The molecule has 1 aromatic heterocycles. The lowest BCUT2D eigenvalue weighted by molar-refractivity contribution is 0.101. The quantitative estimate of drug-likeness (QED) is 0.551. The van der Waals surface area contributed by atoms with Gasteiger partial charge in [-0.1, -0.05) is 11.6 Å². The molecule has 0 saturated carbocycles. The van der Waals surface area contributed by atoms with Crippen molar-refractivity contribution in [3.05, 3.63) is 59.2 Å². The molecule has 0 bridgehead atoms. The van der Waals surface area contributed by atoms with E-state index in [1.54, 1.807) is 43.6 Å². The molecule has 3 aromatic rings. The molecule has 28 heavy (non-hydrogen) atoms. The van der Waals surface area contributed by atoms with Gasteiger partial charge in [0, 0.05) is 29.6 Å². The Morgan fingerprint density at radius 3 is 2.36 bits per heavy atom. The van der Waals surface area contributed by atoms with Crippen LogP contribution in [0, 0.1) is 0 Å². The number of methoxy groups -OCH3 is 2. The van der Waals surface area contributed by atoms with Crippen LogP contribution in [0.25, 0.3) is 0 Å². The van der Waals surface area contributed by atoms with Crippen molar-refractivity contribution in [3.63, 3.8) is 0 Å². The van der Waals surface area contributed by atoms with E-state index >= 15 is 0 Å². The topological polar surface area (TPSA) is 85.4 Å². The summed E-state index contributed by atoms with van der Waals surface area (Å²) < 4.78 is 10.6. The van der Waals surface area contributed by atoms with Crippen molar-refractivity contribution in [3.8, 4) is 11.5 Å². The first-order chi connectivity index (χ1) is 13.5. The number of halogens is 1. The van der Waals surface area contributed by atoms with E-state index in [2.05, 4.69) is 20.6 Å². The van der Waals surface area contributed by atoms with Crippen LogP contribution in [-0.2, 0) is 0 Å². The Bertz CT molecular complexity index is 993. The first kappa shape index (κ1) is 19.4. The maximum absolute atomic E-state index is 11.4. The largest absolute Gasteiger partial charge is 0.495 e. The summed E-state index contributed by atoms with van der Waals surface area (Å²) in [5.74, 6) is 2.02. The number of anilines is 4. The van der Waals surface area contributed by atoms with Crippen LogP contribution >= 0.6 is 11.6 Å². The first-order valence-corrected chi connectivity index (χ1v) is 8.77. The average Bonchev–Trinajstić information content (AvgIpc) is 2.69. The third kappa shape index (κ3) is 4.50. The molecule has 0 fully saturated rings. The van der Waals surface area contributed by atoms with Gasteiger partial charge in [0.25, 0.3) is 0 Å². The Morgan fingerprint density at radius 2 is 1.71 bits per heavy atom. The number of carbonyl (C=O) groups is 1. The summed E-state index contributed by atoms with van der Waals surface area (Å²) in [5.41, 5.74) is 2.08. The van der Waals surface area contributed by atoms with Crippen molar-refractivity contribution in [2.75, 3.05) is 24.9 Å². The SMILES string of the molecule is COc1cc(Nc2nccc(Nc3ccc(C(C)=O)cc3)n2)c(OC)cc1Cl. The molecular formula is C20H19ClN4O3. The Kier molecular flexibility index (Phi) is 5.96. The number of Topliss-reactive ketones (excluding diaryl/α,β-unsaturated/α-hetero) is 1. The van der Waals surface area contributed by atoms with Gasteiger partial charge in [-0.2, -0.15) is 4.98 Å². The lowest BCUT2D eigenvalue weighted by atomic mass is 10.1. The zero-order chi connectivity index (χ0) is 20.1. The summed E-state index contributed by atoms with van der Waals surface area (Å²) in [6.45, 7) is 1.53. The minimum Gasteiger partial charge on any atom is -0.495 e. The molecule has 3 rings (SSSR count). The molecule has 0 aliphatic carbocycles. The zero-order valence-corrected chi connectivity index (χ0v) is 16.4. The van der Waals surface area contributed by atoms with Crippen LogP contribution in [0.5, 0.6) is 11.5 Å². The maximum atomic E-state index is 11.4. The van der Waals surface area contributed by atoms with Crippen molar-refractivity contribution in [1.82, 2.24) is 9.97 Å². The summed E-state index contributed by atoms with van der Waals surface area (Å²) in [6, 6.07) is 12.3. The number of nitrogens with one attached hydrogen (secondary N) is 2. The number of hydrogen-bond donors (Lipinski definition) is 2. The number of rotatable bonds is 7. The fraction of sp³-hybridized carbons (Fsp3) is 0.150. The number of aromatic nitrogens is 2. The van der Waals surface area contributed by atoms with Crippen LogP contribution < -0.4 is 20.1 Å². The number of ketones is 1.